The molecule has 2 amide bonds. The molecule has 396 valence electrons. The number of carbonyl (C=O) groups is 2. The van der Waals surface area contributed by atoms with Crippen molar-refractivity contribution in [3.63, 3.8) is 0 Å². The molecule has 75 heavy (non-hydrogen) atoms. The van der Waals surface area contributed by atoms with E-state index in [-0.39, 0.29) is 36.3 Å². The topological polar surface area (TPSA) is 175 Å². The molecule has 0 bridgehead atoms. The number of aliphatic hydroxyl groups excluding tert-OH is 1. The Balaban J connectivity index is 0.712. The van der Waals surface area contributed by atoms with Gasteiger partial charge in [0, 0.05) is 51.3 Å². The lowest BCUT2D eigenvalue weighted by atomic mass is 9.80. The second kappa shape index (κ2) is 19.9. The Morgan fingerprint density at radius 1 is 0.947 bits per heavy atom. The first-order chi connectivity index (χ1) is 35.7. The molecule has 15 nitrogen and oxygen atoms in total. The van der Waals surface area contributed by atoms with Gasteiger partial charge in [0.15, 0.2) is 0 Å². The van der Waals surface area contributed by atoms with Crippen LogP contribution in [-0.2, 0) is 15.0 Å². The second-order valence-corrected chi connectivity index (χ2v) is 25.6. The fourth-order valence-corrected chi connectivity index (χ4v) is 14.2. The number of aryl methyl sites for hydroxylation is 1. The van der Waals surface area contributed by atoms with Crippen molar-refractivity contribution in [3.05, 3.63) is 122 Å². The highest BCUT2D eigenvalue weighted by molar-refractivity contribution is 7.13. The number of likely N-dealkylation sites (tertiary alicyclic amines) is 3. The summed E-state index contributed by atoms with van der Waals surface area (Å²) >= 11 is 8.15. The number of benzene rings is 3. The zero-order chi connectivity index (χ0) is 52.7. The molecule has 1 saturated carbocycles. The number of nitrogens with zero attached hydrogens (tertiary/aromatic N) is 9. The van der Waals surface area contributed by atoms with Crippen LogP contribution in [-0.4, -0.2) is 130 Å². The molecule has 4 fully saturated rings. The highest BCUT2D eigenvalue weighted by Crippen LogP contribution is 2.45. The molecule has 1 aliphatic carbocycles. The van der Waals surface area contributed by atoms with Crippen molar-refractivity contribution in [2.45, 2.75) is 140 Å². The third-order valence-corrected chi connectivity index (χ3v) is 18.4. The molecule has 4 atom stereocenters. The van der Waals surface area contributed by atoms with Crippen LogP contribution in [0.1, 0.15) is 144 Å². The molecule has 3 N–H and O–H groups in total. The number of amides is 2. The van der Waals surface area contributed by atoms with Crippen LogP contribution in [0, 0.1) is 18.3 Å². The summed E-state index contributed by atoms with van der Waals surface area (Å²) in [7, 11) is 0. The summed E-state index contributed by atoms with van der Waals surface area (Å²) < 4.78 is 3.86. The Labute approximate surface area is 448 Å². The number of halogens is 1. The minimum absolute atomic E-state index is 0.0482. The van der Waals surface area contributed by atoms with E-state index in [2.05, 4.69) is 66.9 Å². The predicted molar refractivity (Wildman–Crippen MR) is 292 cm³/mol. The van der Waals surface area contributed by atoms with Gasteiger partial charge in [0.1, 0.15) is 17.9 Å². The molecule has 0 radical (unpaired) electrons. The number of rotatable bonds is 12. The molecule has 0 spiro atoms. The monoisotopic (exact) mass is 1050 g/mol. The summed E-state index contributed by atoms with van der Waals surface area (Å²) in [6, 6.07) is 18.6. The lowest BCUT2D eigenvalue weighted by molar-refractivity contribution is -0.144. The minimum Gasteiger partial charge on any atom is -0.391 e. The van der Waals surface area contributed by atoms with Crippen LogP contribution >= 0.6 is 22.9 Å². The normalized spacial score (nSPS) is 23.7. The number of nitrogens with one attached hydrogen (secondary N) is 1. The van der Waals surface area contributed by atoms with Crippen molar-refractivity contribution in [1.29, 1.82) is 0 Å². The van der Waals surface area contributed by atoms with E-state index in [1.807, 2.05) is 82.7 Å². The Morgan fingerprint density at radius 2 is 1.68 bits per heavy atom. The van der Waals surface area contributed by atoms with Gasteiger partial charge in [0.05, 0.1) is 66.6 Å². The lowest BCUT2D eigenvalue weighted by Gasteiger charge is -2.45. The number of hydrogen-bond donors (Lipinski definition) is 3. The summed E-state index contributed by atoms with van der Waals surface area (Å²) in [5.74, 6) is 1.46. The highest BCUT2D eigenvalue weighted by atomic mass is 35.5. The molecule has 3 aromatic carbocycles. The number of β-amino-alcohol motifs (C(OH)–C–C–N with tert-alkyl or cyclic N) is 2. The van der Waals surface area contributed by atoms with Crippen LogP contribution in [0.15, 0.2) is 77.2 Å². The van der Waals surface area contributed by atoms with E-state index < -0.39 is 40.7 Å². The zero-order valence-electron chi connectivity index (χ0n) is 44.3. The fraction of sp³-hybridized carbons (Fsp3) is 0.534. The van der Waals surface area contributed by atoms with Crippen molar-refractivity contribution >= 4 is 45.7 Å². The molecule has 11 rings (SSSR count). The SMILES string of the molecule is Cc1ncsc1-c1ccc([C@H](CN2CC(C)(O)C2)NC(=O)[C@@H]2C[C@@H](O)CN2C(=O)[C@@H](n2cc(C3CCC(CN4CCC(c5ccc6c(c5)-n5c(nc(=O)c7c(Cl)cccc75)C6(C)C)CC4)CC3)nn2)C(C)(C)C)cc1. The van der Waals surface area contributed by atoms with Crippen LogP contribution in [0.5, 0.6) is 0 Å². The Hall–Kier alpha value is -5.36. The van der Waals surface area contributed by atoms with Gasteiger partial charge in [-0.2, -0.15) is 4.98 Å². The number of piperidine rings is 1. The van der Waals surface area contributed by atoms with Crippen molar-refractivity contribution in [1.82, 2.24) is 49.5 Å². The van der Waals surface area contributed by atoms with E-state index in [0.29, 0.717) is 41.9 Å². The number of hydrogen-bond acceptors (Lipinski definition) is 12. The maximum absolute atomic E-state index is 14.9. The van der Waals surface area contributed by atoms with Crippen molar-refractivity contribution in [2.75, 3.05) is 45.8 Å². The average molecular weight is 1060 g/mol. The Kier molecular flexibility index (Phi) is 13.7. The molecule has 3 saturated heterocycles. The number of aromatic nitrogens is 6. The largest absolute Gasteiger partial charge is 0.391 e. The number of fused-ring (bicyclic) bond motifs is 5. The first-order valence-corrected chi connectivity index (χ1v) is 28.2. The van der Waals surface area contributed by atoms with Gasteiger partial charge in [0.25, 0.3) is 5.56 Å². The first-order valence-electron chi connectivity index (χ1n) is 27.0. The van der Waals surface area contributed by atoms with Gasteiger partial charge in [-0.15, -0.1) is 16.4 Å². The fourth-order valence-electron chi connectivity index (χ4n) is 13.2. The molecule has 7 heterocycles. The van der Waals surface area contributed by atoms with E-state index in [4.69, 9.17) is 16.7 Å². The highest BCUT2D eigenvalue weighted by Gasteiger charge is 2.47. The van der Waals surface area contributed by atoms with Crippen LogP contribution in [0.25, 0.3) is 27.0 Å². The van der Waals surface area contributed by atoms with Crippen molar-refractivity contribution in [2.24, 2.45) is 11.3 Å². The average Bonchev–Trinajstić information content (AvgIpc) is 4.24. The summed E-state index contributed by atoms with van der Waals surface area (Å²) in [5.41, 5.74) is 8.02. The van der Waals surface area contributed by atoms with Crippen LogP contribution in [0.3, 0.4) is 0 Å². The van der Waals surface area contributed by atoms with Gasteiger partial charge in [0.2, 0.25) is 11.8 Å². The van der Waals surface area contributed by atoms with Crippen molar-refractivity contribution < 1.29 is 19.8 Å². The van der Waals surface area contributed by atoms with Crippen LogP contribution in [0.2, 0.25) is 5.02 Å². The Bertz CT molecular complexity index is 3170. The zero-order valence-corrected chi connectivity index (χ0v) is 45.9. The number of aliphatic hydroxyl groups is 2. The number of thiazole rings is 1. The summed E-state index contributed by atoms with van der Waals surface area (Å²) in [5, 5.41) is 35.1. The van der Waals surface area contributed by atoms with Gasteiger partial charge >= 0.3 is 0 Å². The lowest BCUT2D eigenvalue weighted by Crippen LogP contribution is -2.61. The van der Waals surface area contributed by atoms with Gasteiger partial charge in [-0.25, -0.2) is 9.67 Å². The van der Waals surface area contributed by atoms with E-state index in [1.165, 1.54) is 11.1 Å². The molecule has 6 aromatic rings. The molecule has 17 heteroatoms. The second-order valence-electron chi connectivity index (χ2n) is 24.3. The smallest absolute Gasteiger partial charge is 0.282 e. The van der Waals surface area contributed by atoms with Gasteiger partial charge in [-0.1, -0.05) is 80.1 Å². The Morgan fingerprint density at radius 3 is 2.36 bits per heavy atom. The predicted octanol–water partition coefficient (Wildman–Crippen LogP) is 8.33. The molecule has 0 unspecified atom stereocenters. The van der Waals surface area contributed by atoms with Crippen molar-refractivity contribution in [3.8, 4) is 16.1 Å². The maximum atomic E-state index is 14.9. The van der Waals surface area contributed by atoms with E-state index in [0.717, 1.165) is 103 Å². The first kappa shape index (κ1) is 51.7. The maximum Gasteiger partial charge on any atom is 0.282 e. The molecular formula is C58H71ClN10O5S. The summed E-state index contributed by atoms with van der Waals surface area (Å²) in [6.45, 7) is 18.8. The van der Waals surface area contributed by atoms with Gasteiger partial charge < -0.3 is 25.3 Å². The quantitative estimate of drug-likeness (QED) is 0.108. The molecule has 3 aromatic heterocycles. The van der Waals surface area contributed by atoms with E-state index in [9.17, 15) is 24.6 Å². The minimum atomic E-state index is -0.874. The standard InChI is InChI=1S/C58H71ClN10O5S/c1-34-50(75-33-60-34)39-17-15-37(16-18-39)44(29-66-31-58(7,74)32-66)61-52(71)48-26-41(70)28-67(48)54(73)51(56(2,3)4)68-30-45(63-64-68)38-13-11-35(12-14-38)27-65-23-21-36(22-24-65)40-19-20-42-47(25-40)69-46-10-8-9-43(59)49(46)53(72)62-55(69)57(42,5)6/h8-10,15-20,25,30,33,35-36,38,41,44,48,51,70,74H,11-14,21-24,26-29,31-32H2,1-7H3,(H,61,71)/t35?,38?,41-,44+,48+,51-/m1/s1. The van der Waals surface area contributed by atoms with Crippen LogP contribution in [0.4, 0.5) is 0 Å². The van der Waals surface area contributed by atoms with Gasteiger partial charge in [-0.3, -0.25) is 23.9 Å². The molecule has 5 aliphatic rings. The summed E-state index contributed by atoms with van der Waals surface area (Å²) in [4.78, 5) is 58.9. The number of carbonyl (C=O) groups excluding carboxylic acids is 2. The molecular weight excluding hydrogens is 984 g/mol. The van der Waals surface area contributed by atoms with Gasteiger partial charge in [-0.05, 0) is 137 Å². The summed E-state index contributed by atoms with van der Waals surface area (Å²) in [6.07, 6.45) is 7.62. The molecule has 4 aliphatic heterocycles. The third-order valence-electron chi connectivity index (χ3n) is 17.1. The van der Waals surface area contributed by atoms with E-state index in [1.54, 1.807) is 27.0 Å². The third kappa shape index (κ3) is 9.99. The van der Waals surface area contributed by atoms with E-state index >= 15 is 0 Å². The van der Waals surface area contributed by atoms with Crippen LogP contribution < -0.4 is 10.9 Å².